The Morgan fingerprint density at radius 3 is 2.62 bits per heavy atom. The number of rotatable bonds is 1. The van der Waals surface area contributed by atoms with E-state index in [2.05, 4.69) is 4.98 Å². The zero-order valence-electron chi connectivity index (χ0n) is 8.20. The van der Waals surface area contributed by atoms with E-state index in [4.69, 9.17) is 5.73 Å². The Morgan fingerprint density at radius 2 is 1.94 bits per heavy atom. The molecule has 2 aromatic rings. The number of pyridine rings is 1. The molecule has 2 N–H and O–H groups in total. The summed E-state index contributed by atoms with van der Waals surface area (Å²) in [6, 6.07) is 4.34. The van der Waals surface area contributed by atoms with Crippen molar-refractivity contribution in [3.8, 4) is 0 Å². The monoisotopic (exact) mass is 226 g/mol. The number of hydrogen-bond acceptors (Lipinski definition) is 2. The number of alkyl halides is 3. The molecule has 1 heterocycles. The Balaban J connectivity index is 2.61. The molecule has 1 atom stereocenters. The molecule has 1 unspecified atom stereocenters. The van der Waals surface area contributed by atoms with Crippen LogP contribution in [0.1, 0.15) is 11.6 Å². The molecule has 0 radical (unpaired) electrons. The normalized spacial score (nSPS) is 14.0. The molecule has 0 aliphatic rings. The summed E-state index contributed by atoms with van der Waals surface area (Å²) in [5.41, 5.74) is 5.24. The first kappa shape index (κ1) is 10.9. The number of nitrogens with zero attached hydrogens (tertiary/aromatic N) is 1. The van der Waals surface area contributed by atoms with Crippen molar-refractivity contribution >= 4 is 10.8 Å². The summed E-state index contributed by atoms with van der Waals surface area (Å²) in [7, 11) is 0. The van der Waals surface area contributed by atoms with E-state index in [9.17, 15) is 13.2 Å². The van der Waals surface area contributed by atoms with Gasteiger partial charge in [0.25, 0.3) is 0 Å². The van der Waals surface area contributed by atoms with Crippen molar-refractivity contribution in [3.05, 3.63) is 42.2 Å². The third kappa shape index (κ3) is 1.86. The summed E-state index contributed by atoms with van der Waals surface area (Å²) in [5, 5.41) is 1.14. The molecule has 0 bridgehead atoms. The van der Waals surface area contributed by atoms with Gasteiger partial charge >= 0.3 is 6.18 Å². The van der Waals surface area contributed by atoms with Crippen LogP contribution in [0.5, 0.6) is 0 Å². The summed E-state index contributed by atoms with van der Waals surface area (Å²) in [6.07, 6.45) is -1.51. The summed E-state index contributed by atoms with van der Waals surface area (Å²) in [6.45, 7) is 0. The summed E-state index contributed by atoms with van der Waals surface area (Å²) in [5.74, 6) is 0. The first-order valence-electron chi connectivity index (χ1n) is 4.65. The molecule has 0 saturated carbocycles. The van der Waals surface area contributed by atoms with Crippen LogP contribution in [0.2, 0.25) is 0 Å². The lowest BCUT2D eigenvalue weighted by molar-refractivity contribution is -0.148. The molecule has 0 fully saturated rings. The lowest BCUT2D eigenvalue weighted by atomic mass is 10.0. The molecule has 16 heavy (non-hydrogen) atoms. The summed E-state index contributed by atoms with van der Waals surface area (Å²) >= 11 is 0. The molecular weight excluding hydrogens is 217 g/mol. The van der Waals surface area contributed by atoms with E-state index in [1.807, 2.05) is 0 Å². The third-order valence-electron chi connectivity index (χ3n) is 2.41. The second kappa shape index (κ2) is 3.75. The van der Waals surface area contributed by atoms with Gasteiger partial charge < -0.3 is 5.73 Å². The van der Waals surface area contributed by atoms with Crippen molar-refractivity contribution in [1.29, 1.82) is 0 Å². The van der Waals surface area contributed by atoms with E-state index in [0.717, 1.165) is 0 Å². The fraction of sp³-hybridized carbons (Fsp3) is 0.182. The molecule has 2 rings (SSSR count). The second-order valence-electron chi connectivity index (χ2n) is 3.46. The molecule has 0 saturated heterocycles. The van der Waals surface area contributed by atoms with Crippen molar-refractivity contribution in [2.24, 2.45) is 5.73 Å². The van der Waals surface area contributed by atoms with Gasteiger partial charge in [0.2, 0.25) is 0 Å². The highest BCUT2D eigenvalue weighted by molar-refractivity contribution is 5.85. The molecule has 5 heteroatoms. The Bertz CT molecular complexity index is 503. The fourth-order valence-corrected chi connectivity index (χ4v) is 1.58. The van der Waals surface area contributed by atoms with Gasteiger partial charge in [0.05, 0.1) is 0 Å². The highest BCUT2D eigenvalue weighted by Crippen LogP contribution is 2.33. The number of nitrogens with two attached hydrogens (primary N) is 1. The molecule has 1 aromatic heterocycles. The minimum Gasteiger partial charge on any atom is -0.316 e. The van der Waals surface area contributed by atoms with Crippen molar-refractivity contribution < 1.29 is 13.2 Å². The molecule has 1 aromatic carbocycles. The van der Waals surface area contributed by atoms with E-state index in [1.54, 1.807) is 18.2 Å². The smallest absolute Gasteiger partial charge is 0.316 e. The van der Waals surface area contributed by atoms with Gasteiger partial charge in [-0.25, -0.2) is 0 Å². The maximum atomic E-state index is 12.5. The first-order valence-corrected chi connectivity index (χ1v) is 4.65. The predicted octanol–water partition coefficient (Wildman–Crippen LogP) is 2.80. The van der Waals surface area contributed by atoms with Crippen LogP contribution in [-0.2, 0) is 0 Å². The van der Waals surface area contributed by atoms with Crippen LogP contribution in [0.4, 0.5) is 13.2 Å². The van der Waals surface area contributed by atoms with Gasteiger partial charge in [-0.2, -0.15) is 13.2 Å². The molecule has 0 aliphatic heterocycles. The van der Waals surface area contributed by atoms with E-state index in [0.29, 0.717) is 10.8 Å². The standard InChI is InChI=1S/C11H9F3N2/c12-11(13,14)10(15)8-3-1-2-7-4-5-16-6-9(7)8/h1-6,10H,15H2. The van der Waals surface area contributed by atoms with Crippen molar-refractivity contribution in [3.63, 3.8) is 0 Å². The highest BCUT2D eigenvalue weighted by atomic mass is 19.4. The predicted molar refractivity (Wildman–Crippen MR) is 54.7 cm³/mol. The number of aromatic nitrogens is 1. The lowest BCUT2D eigenvalue weighted by Crippen LogP contribution is -2.28. The molecule has 0 amide bonds. The minimum atomic E-state index is -4.44. The average Bonchev–Trinajstić information content (AvgIpc) is 2.26. The SMILES string of the molecule is NC(c1cccc2ccncc12)C(F)(F)F. The van der Waals surface area contributed by atoms with Crippen LogP contribution < -0.4 is 5.73 Å². The summed E-state index contributed by atoms with van der Waals surface area (Å²) < 4.78 is 37.6. The van der Waals surface area contributed by atoms with Gasteiger partial charge in [-0.05, 0) is 17.0 Å². The van der Waals surface area contributed by atoms with Gasteiger partial charge in [0, 0.05) is 17.8 Å². The van der Waals surface area contributed by atoms with Gasteiger partial charge in [0.15, 0.2) is 0 Å². The maximum absolute atomic E-state index is 12.5. The Kier molecular flexibility index (Phi) is 2.55. The molecule has 2 nitrogen and oxygen atoms in total. The molecule has 0 spiro atoms. The average molecular weight is 226 g/mol. The maximum Gasteiger partial charge on any atom is 0.407 e. The van der Waals surface area contributed by atoms with E-state index < -0.39 is 12.2 Å². The Hall–Kier alpha value is -1.62. The van der Waals surface area contributed by atoms with Crippen molar-refractivity contribution in [2.45, 2.75) is 12.2 Å². The summed E-state index contributed by atoms with van der Waals surface area (Å²) in [4.78, 5) is 3.82. The Morgan fingerprint density at radius 1 is 1.19 bits per heavy atom. The van der Waals surface area contributed by atoms with E-state index in [-0.39, 0.29) is 5.56 Å². The number of benzene rings is 1. The zero-order chi connectivity index (χ0) is 11.8. The van der Waals surface area contributed by atoms with Gasteiger partial charge in [-0.15, -0.1) is 0 Å². The van der Waals surface area contributed by atoms with Crippen LogP contribution in [0, 0.1) is 0 Å². The van der Waals surface area contributed by atoms with Gasteiger partial charge in [-0.3, -0.25) is 4.98 Å². The van der Waals surface area contributed by atoms with Crippen LogP contribution in [0.15, 0.2) is 36.7 Å². The number of halogens is 3. The zero-order valence-corrected chi connectivity index (χ0v) is 8.20. The van der Waals surface area contributed by atoms with Crippen molar-refractivity contribution in [2.75, 3.05) is 0 Å². The van der Waals surface area contributed by atoms with Gasteiger partial charge in [0.1, 0.15) is 6.04 Å². The van der Waals surface area contributed by atoms with E-state index in [1.165, 1.54) is 18.5 Å². The molecular formula is C11H9F3N2. The van der Waals surface area contributed by atoms with Gasteiger partial charge in [-0.1, -0.05) is 18.2 Å². The molecule has 0 aliphatic carbocycles. The highest BCUT2D eigenvalue weighted by Gasteiger charge is 2.38. The van der Waals surface area contributed by atoms with Crippen LogP contribution in [0.3, 0.4) is 0 Å². The second-order valence-corrected chi connectivity index (χ2v) is 3.46. The quantitative estimate of drug-likeness (QED) is 0.812. The van der Waals surface area contributed by atoms with Crippen LogP contribution in [-0.4, -0.2) is 11.2 Å². The number of fused-ring (bicyclic) bond motifs is 1. The Labute approximate surface area is 89.9 Å². The largest absolute Gasteiger partial charge is 0.407 e. The van der Waals surface area contributed by atoms with Crippen LogP contribution >= 0.6 is 0 Å². The lowest BCUT2D eigenvalue weighted by Gasteiger charge is -2.17. The van der Waals surface area contributed by atoms with E-state index >= 15 is 0 Å². The van der Waals surface area contributed by atoms with Crippen molar-refractivity contribution in [1.82, 2.24) is 4.98 Å². The van der Waals surface area contributed by atoms with Crippen LogP contribution in [0.25, 0.3) is 10.8 Å². The molecule has 84 valence electrons. The topological polar surface area (TPSA) is 38.9 Å². The number of hydrogen-bond donors (Lipinski definition) is 1. The third-order valence-corrected chi connectivity index (χ3v) is 2.41. The minimum absolute atomic E-state index is 0.0538. The fourth-order valence-electron chi connectivity index (χ4n) is 1.58. The first-order chi connectivity index (χ1) is 7.50.